The molecule has 0 radical (unpaired) electrons. The summed E-state index contributed by atoms with van der Waals surface area (Å²) in [7, 11) is 4.41. The molecule has 2 heterocycles. The Bertz CT molecular complexity index is 328. The molecule has 0 bridgehead atoms. The second kappa shape index (κ2) is 5.48. The molecule has 4 heteroatoms. The van der Waals surface area contributed by atoms with Gasteiger partial charge in [0.25, 0.3) is 0 Å². The van der Waals surface area contributed by atoms with Gasteiger partial charge in [-0.05, 0) is 62.4 Å². The summed E-state index contributed by atoms with van der Waals surface area (Å²) in [5, 5.41) is 4.38. The number of hydrogen-bond donors (Lipinski definition) is 1. The van der Waals surface area contributed by atoms with Gasteiger partial charge < -0.3 is 10.6 Å². The highest BCUT2D eigenvalue weighted by Crippen LogP contribution is 2.28. The number of rotatable bonds is 4. The van der Waals surface area contributed by atoms with Crippen LogP contribution in [0.4, 0.5) is 0 Å². The summed E-state index contributed by atoms with van der Waals surface area (Å²) in [6.07, 6.45) is 2.36. The van der Waals surface area contributed by atoms with Crippen LogP contribution >= 0.6 is 11.3 Å². The lowest BCUT2D eigenvalue weighted by Gasteiger charge is -2.46. The van der Waals surface area contributed by atoms with Gasteiger partial charge in [-0.1, -0.05) is 0 Å². The first-order valence-corrected chi connectivity index (χ1v) is 7.21. The maximum absolute atomic E-state index is 6.06. The number of thiophene rings is 1. The Kier molecular flexibility index (Phi) is 4.20. The van der Waals surface area contributed by atoms with Gasteiger partial charge in [0.1, 0.15) is 0 Å². The van der Waals surface area contributed by atoms with Crippen molar-refractivity contribution in [2.75, 3.05) is 33.7 Å². The molecule has 17 heavy (non-hydrogen) atoms. The lowest BCUT2D eigenvalue weighted by atomic mass is 9.86. The first-order chi connectivity index (χ1) is 8.16. The molecule has 2 rings (SSSR count). The molecule has 0 atom stereocenters. The molecule has 1 aromatic heterocycles. The van der Waals surface area contributed by atoms with Crippen molar-refractivity contribution in [3.05, 3.63) is 22.4 Å². The molecule has 0 aromatic carbocycles. The maximum atomic E-state index is 6.06. The van der Waals surface area contributed by atoms with Gasteiger partial charge in [0.15, 0.2) is 0 Å². The van der Waals surface area contributed by atoms with Gasteiger partial charge in [-0.25, -0.2) is 0 Å². The van der Waals surface area contributed by atoms with Crippen LogP contribution in [0.15, 0.2) is 16.8 Å². The summed E-state index contributed by atoms with van der Waals surface area (Å²) in [4.78, 5) is 4.86. The van der Waals surface area contributed by atoms with E-state index in [0.29, 0.717) is 0 Å². The zero-order chi connectivity index (χ0) is 12.3. The van der Waals surface area contributed by atoms with Crippen LogP contribution in [-0.4, -0.2) is 49.1 Å². The van der Waals surface area contributed by atoms with Crippen LogP contribution in [0.1, 0.15) is 18.4 Å². The highest BCUT2D eigenvalue weighted by atomic mass is 32.1. The minimum Gasteiger partial charge on any atom is -0.329 e. The van der Waals surface area contributed by atoms with Crippen LogP contribution in [0.5, 0.6) is 0 Å². The van der Waals surface area contributed by atoms with Crippen LogP contribution in [0.2, 0.25) is 0 Å². The van der Waals surface area contributed by atoms with Crippen LogP contribution < -0.4 is 5.73 Å². The van der Waals surface area contributed by atoms with E-state index >= 15 is 0 Å². The third kappa shape index (κ3) is 2.88. The van der Waals surface area contributed by atoms with Crippen LogP contribution in [0, 0.1) is 0 Å². The number of nitrogens with zero attached hydrogens (tertiary/aromatic N) is 2. The van der Waals surface area contributed by atoms with Gasteiger partial charge in [-0.2, -0.15) is 11.3 Å². The summed E-state index contributed by atoms with van der Waals surface area (Å²) >= 11 is 1.77. The van der Waals surface area contributed by atoms with E-state index in [4.69, 9.17) is 5.73 Å². The molecule has 3 nitrogen and oxygen atoms in total. The second-order valence-corrected chi connectivity index (χ2v) is 6.00. The lowest BCUT2D eigenvalue weighted by Crippen LogP contribution is -2.57. The van der Waals surface area contributed by atoms with Crippen molar-refractivity contribution < 1.29 is 0 Å². The summed E-state index contributed by atoms with van der Waals surface area (Å²) < 4.78 is 0. The van der Waals surface area contributed by atoms with E-state index in [9.17, 15) is 0 Å². The topological polar surface area (TPSA) is 32.5 Å². The molecule has 2 N–H and O–H groups in total. The van der Waals surface area contributed by atoms with E-state index in [1.54, 1.807) is 11.3 Å². The highest BCUT2D eigenvalue weighted by Gasteiger charge is 2.35. The predicted octanol–water partition coefficient (Wildman–Crippen LogP) is 1.60. The third-order valence-electron chi connectivity index (χ3n) is 4.11. The maximum Gasteiger partial charge on any atom is 0.0356 e. The van der Waals surface area contributed by atoms with E-state index < -0.39 is 0 Å². The van der Waals surface area contributed by atoms with Gasteiger partial charge in [-0.3, -0.25) is 4.90 Å². The molecule has 1 fully saturated rings. The molecular weight excluding hydrogens is 230 g/mol. The Hall–Kier alpha value is -0.420. The molecule has 0 aliphatic carbocycles. The second-order valence-electron chi connectivity index (χ2n) is 5.22. The highest BCUT2D eigenvalue weighted by molar-refractivity contribution is 7.07. The predicted molar refractivity (Wildman–Crippen MR) is 74.3 cm³/mol. The fourth-order valence-corrected chi connectivity index (χ4v) is 3.26. The smallest absolute Gasteiger partial charge is 0.0356 e. The number of likely N-dealkylation sites (N-methyl/N-ethyl adjacent to an activating group) is 1. The number of piperidine rings is 1. The number of nitrogens with two attached hydrogens (primary N) is 1. The molecule has 1 saturated heterocycles. The Morgan fingerprint density at radius 3 is 2.71 bits per heavy atom. The largest absolute Gasteiger partial charge is 0.329 e. The Balaban J connectivity index is 2.02. The van der Waals surface area contributed by atoms with E-state index in [0.717, 1.165) is 26.2 Å². The molecule has 0 unspecified atom stereocenters. The van der Waals surface area contributed by atoms with Gasteiger partial charge in [0.2, 0.25) is 0 Å². The summed E-state index contributed by atoms with van der Waals surface area (Å²) in [6.45, 7) is 4.10. The molecule has 0 spiro atoms. The van der Waals surface area contributed by atoms with Crippen LogP contribution in [-0.2, 0) is 6.54 Å². The van der Waals surface area contributed by atoms with E-state index in [1.807, 2.05) is 0 Å². The summed E-state index contributed by atoms with van der Waals surface area (Å²) in [5.74, 6) is 0. The fraction of sp³-hybridized carbons (Fsp3) is 0.692. The van der Waals surface area contributed by atoms with Crippen molar-refractivity contribution in [2.45, 2.75) is 24.9 Å². The van der Waals surface area contributed by atoms with Crippen molar-refractivity contribution in [3.63, 3.8) is 0 Å². The number of hydrogen-bond acceptors (Lipinski definition) is 4. The van der Waals surface area contributed by atoms with E-state index in [1.165, 1.54) is 18.4 Å². The minimum absolute atomic E-state index is 0.203. The van der Waals surface area contributed by atoms with Crippen molar-refractivity contribution in [1.29, 1.82) is 0 Å². The van der Waals surface area contributed by atoms with Gasteiger partial charge in [0.05, 0.1) is 0 Å². The average molecular weight is 253 g/mol. The van der Waals surface area contributed by atoms with Crippen LogP contribution in [0.3, 0.4) is 0 Å². The molecule has 96 valence electrons. The van der Waals surface area contributed by atoms with Gasteiger partial charge in [0, 0.05) is 18.6 Å². The molecule has 0 saturated carbocycles. The SMILES string of the molecule is CN1CCC(CN)(N(C)Cc2ccsc2)CC1. The fourth-order valence-electron chi connectivity index (χ4n) is 2.60. The first kappa shape index (κ1) is 13.0. The van der Waals surface area contributed by atoms with Crippen LogP contribution in [0.25, 0.3) is 0 Å². The molecule has 0 amide bonds. The monoisotopic (exact) mass is 253 g/mol. The lowest BCUT2D eigenvalue weighted by molar-refractivity contribution is 0.0486. The average Bonchev–Trinajstić information content (AvgIpc) is 2.83. The Morgan fingerprint density at radius 2 is 2.18 bits per heavy atom. The molecular formula is C13H23N3S. The van der Waals surface area contributed by atoms with Crippen molar-refractivity contribution in [1.82, 2.24) is 9.80 Å². The van der Waals surface area contributed by atoms with Gasteiger partial charge >= 0.3 is 0 Å². The third-order valence-corrected chi connectivity index (χ3v) is 4.84. The van der Waals surface area contributed by atoms with Gasteiger partial charge in [-0.15, -0.1) is 0 Å². The standard InChI is InChI=1S/C13H23N3S/c1-15-6-4-13(11-14,5-7-15)16(2)9-12-3-8-17-10-12/h3,8,10H,4-7,9,11,14H2,1-2H3. The quantitative estimate of drug-likeness (QED) is 0.885. The van der Waals surface area contributed by atoms with Crippen molar-refractivity contribution in [2.24, 2.45) is 5.73 Å². The molecule has 1 aliphatic rings. The summed E-state index contributed by atoms with van der Waals surface area (Å²) in [5.41, 5.74) is 7.67. The van der Waals surface area contributed by atoms with Crippen molar-refractivity contribution >= 4 is 11.3 Å². The zero-order valence-corrected chi connectivity index (χ0v) is 11.7. The van der Waals surface area contributed by atoms with Crippen molar-refractivity contribution in [3.8, 4) is 0 Å². The Morgan fingerprint density at radius 1 is 1.47 bits per heavy atom. The Labute approximate surface area is 108 Å². The zero-order valence-electron chi connectivity index (χ0n) is 10.9. The van der Waals surface area contributed by atoms with E-state index in [2.05, 4.69) is 40.7 Å². The first-order valence-electron chi connectivity index (χ1n) is 6.27. The summed E-state index contributed by atoms with van der Waals surface area (Å²) in [6, 6.07) is 2.21. The normalized spacial score (nSPS) is 20.9. The minimum atomic E-state index is 0.203. The number of likely N-dealkylation sites (tertiary alicyclic amines) is 1. The molecule has 1 aliphatic heterocycles. The van der Waals surface area contributed by atoms with E-state index in [-0.39, 0.29) is 5.54 Å². The molecule has 1 aromatic rings.